The molecule has 0 saturated carbocycles. The van der Waals surface area contributed by atoms with Crippen LogP contribution in [0.1, 0.15) is 5.56 Å². The summed E-state index contributed by atoms with van der Waals surface area (Å²) in [6.07, 6.45) is 0. The highest BCUT2D eigenvalue weighted by Crippen LogP contribution is 2.39. The lowest BCUT2D eigenvalue weighted by Gasteiger charge is -2.15. The summed E-state index contributed by atoms with van der Waals surface area (Å²) in [5.74, 6) is 0.960. The van der Waals surface area contributed by atoms with Crippen LogP contribution in [0.2, 0.25) is 0 Å². The van der Waals surface area contributed by atoms with E-state index in [1.807, 2.05) is 0 Å². The van der Waals surface area contributed by atoms with Gasteiger partial charge in [0.15, 0.2) is 0 Å². The van der Waals surface area contributed by atoms with Gasteiger partial charge in [-0.3, -0.25) is 4.57 Å². The lowest BCUT2D eigenvalue weighted by Crippen LogP contribution is -1.97. The molecule has 38 heavy (non-hydrogen) atoms. The number of aromatic nitrogens is 2. The van der Waals surface area contributed by atoms with Crippen LogP contribution >= 0.6 is 0 Å². The topological polar surface area (TPSA) is 17.8 Å². The molecule has 0 unspecified atom stereocenters. The summed E-state index contributed by atoms with van der Waals surface area (Å²) in [4.78, 5) is 5.02. The molecule has 0 atom stereocenters. The number of imidazole rings is 1. The molecule has 0 aliphatic heterocycles. The third-order valence-electron chi connectivity index (χ3n) is 7.84. The maximum Gasteiger partial charge on any atom is 0.145 e. The number of rotatable bonds is 3. The molecule has 178 valence electrons. The highest BCUT2D eigenvalue weighted by Gasteiger charge is 2.15. The van der Waals surface area contributed by atoms with Crippen molar-refractivity contribution in [2.45, 2.75) is 6.92 Å². The van der Waals surface area contributed by atoms with Crippen molar-refractivity contribution in [2.75, 3.05) is 0 Å². The van der Waals surface area contributed by atoms with Gasteiger partial charge in [-0.2, -0.15) is 0 Å². The molecule has 8 aromatic rings. The minimum absolute atomic E-state index is 0.960. The molecule has 0 fully saturated rings. The maximum absolute atomic E-state index is 5.02. The zero-order valence-corrected chi connectivity index (χ0v) is 21.0. The van der Waals surface area contributed by atoms with Crippen LogP contribution in [0.15, 0.2) is 127 Å². The highest BCUT2D eigenvalue weighted by atomic mass is 15.1. The van der Waals surface area contributed by atoms with Gasteiger partial charge >= 0.3 is 0 Å². The Morgan fingerprint density at radius 2 is 1.18 bits per heavy atom. The Morgan fingerprint density at radius 1 is 0.526 bits per heavy atom. The molecule has 1 heterocycles. The number of benzene rings is 7. The fraction of sp³-hybridized carbons (Fsp3) is 0.0278. The summed E-state index contributed by atoms with van der Waals surface area (Å²) < 4.78 is 2.27. The molecule has 0 spiro atoms. The van der Waals surface area contributed by atoms with Crippen molar-refractivity contribution in [1.29, 1.82) is 0 Å². The summed E-state index contributed by atoms with van der Waals surface area (Å²) >= 11 is 0. The van der Waals surface area contributed by atoms with E-state index in [4.69, 9.17) is 4.98 Å². The quantitative estimate of drug-likeness (QED) is 0.228. The van der Waals surface area contributed by atoms with Gasteiger partial charge in [-0.05, 0) is 74.6 Å². The van der Waals surface area contributed by atoms with Crippen molar-refractivity contribution in [1.82, 2.24) is 9.55 Å². The summed E-state index contributed by atoms with van der Waals surface area (Å²) in [7, 11) is 0. The first kappa shape index (κ1) is 21.2. The third kappa shape index (κ3) is 3.10. The van der Waals surface area contributed by atoms with Gasteiger partial charge < -0.3 is 0 Å². The SMILES string of the molecule is Cc1ccc(-c2nc3ccccc3n2-c2ccc(-c3ccc4ccc5cccc6ccc3c4c56)cc2)cc1. The van der Waals surface area contributed by atoms with Gasteiger partial charge in [0.2, 0.25) is 0 Å². The van der Waals surface area contributed by atoms with Crippen LogP contribution in [0.4, 0.5) is 0 Å². The second kappa shape index (κ2) is 8.03. The Kier molecular flexibility index (Phi) is 4.47. The van der Waals surface area contributed by atoms with Crippen LogP contribution in [-0.4, -0.2) is 9.55 Å². The molecule has 7 aromatic carbocycles. The summed E-state index contributed by atoms with van der Waals surface area (Å²) in [5.41, 5.74) is 8.05. The number of hydrogen-bond donors (Lipinski definition) is 0. The number of hydrogen-bond acceptors (Lipinski definition) is 1. The number of fused-ring (bicyclic) bond motifs is 1. The third-order valence-corrected chi connectivity index (χ3v) is 7.84. The molecule has 2 nitrogen and oxygen atoms in total. The predicted octanol–water partition coefficient (Wildman–Crippen LogP) is 9.57. The lowest BCUT2D eigenvalue weighted by molar-refractivity contribution is 1.10. The van der Waals surface area contributed by atoms with Gasteiger partial charge in [-0.25, -0.2) is 4.98 Å². The molecule has 0 radical (unpaired) electrons. The van der Waals surface area contributed by atoms with Crippen LogP contribution in [0.25, 0.3) is 71.6 Å². The minimum atomic E-state index is 0.960. The molecule has 0 aliphatic rings. The Bertz CT molecular complexity index is 2100. The number of nitrogens with zero attached hydrogens (tertiary/aromatic N) is 2. The molecular weight excluding hydrogens is 460 g/mol. The van der Waals surface area contributed by atoms with Gasteiger partial charge in [0.05, 0.1) is 11.0 Å². The van der Waals surface area contributed by atoms with E-state index in [0.29, 0.717) is 0 Å². The van der Waals surface area contributed by atoms with E-state index >= 15 is 0 Å². The van der Waals surface area contributed by atoms with E-state index in [9.17, 15) is 0 Å². The highest BCUT2D eigenvalue weighted by molar-refractivity contribution is 6.25. The fourth-order valence-corrected chi connectivity index (χ4v) is 5.96. The first-order valence-corrected chi connectivity index (χ1v) is 13.1. The monoisotopic (exact) mass is 484 g/mol. The van der Waals surface area contributed by atoms with E-state index in [-0.39, 0.29) is 0 Å². The van der Waals surface area contributed by atoms with Gasteiger partial charge in [0.25, 0.3) is 0 Å². The normalized spacial score (nSPS) is 11.8. The Hall–Kier alpha value is -4.95. The van der Waals surface area contributed by atoms with E-state index in [1.165, 1.54) is 49.0 Å². The van der Waals surface area contributed by atoms with Crippen LogP contribution in [0, 0.1) is 6.92 Å². The lowest BCUT2D eigenvalue weighted by atomic mass is 9.90. The first-order chi connectivity index (χ1) is 18.7. The molecule has 0 bridgehead atoms. The Balaban J connectivity index is 1.30. The molecular formula is C36H24N2. The minimum Gasteiger partial charge on any atom is -0.292 e. The number of para-hydroxylation sites is 2. The molecule has 0 aliphatic carbocycles. The average molecular weight is 485 g/mol. The summed E-state index contributed by atoms with van der Waals surface area (Å²) in [5, 5.41) is 7.88. The van der Waals surface area contributed by atoms with E-state index < -0.39 is 0 Å². The second-order valence-corrected chi connectivity index (χ2v) is 10.1. The van der Waals surface area contributed by atoms with Crippen molar-refractivity contribution >= 4 is 43.4 Å². The summed E-state index contributed by atoms with van der Waals surface area (Å²) in [6, 6.07) is 46.0. The van der Waals surface area contributed by atoms with Gasteiger partial charge in [-0.15, -0.1) is 0 Å². The second-order valence-electron chi connectivity index (χ2n) is 10.1. The molecule has 0 amide bonds. The maximum atomic E-state index is 5.02. The predicted molar refractivity (Wildman–Crippen MR) is 160 cm³/mol. The molecule has 0 N–H and O–H groups in total. The standard InChI is InChI=1S/C36H24N2/c1-23-9-11-28(12-10-23)36-37-32-7-2-3-8-33(32)38(36)29-19-15-24(16-20-29)30-21-17-27-14-13-25-5-4-6-26-18-22-31(30)35(27)34(25)26/h2-22H,1H3. The largest absolute Gasteiger partial charge is 0.292 e. The van der Waals surface area contributed by atoms with Crippen molar-refractivity contribution in [3.05, 3.63) is 133 Å². The van der Waals surface area contributed by atoms with Crippen molar-refractivity contribution in [3.63, 3.8) is 0 Å². The molecule has 0 saturated heterocycles. The fourth-order valence-electron chi connectivity index (χ4n) is 5.96. The van der Waals surface area contributed by atoms with Crippen LogP contribution in [-0.2, 0) is 0 Å². The smallest absolute Gasteiger partial charge is 0.145 e. The van der Waals surface area contributed by atoms with Crippen molar-refractivity contribution < 1.29 is 0 Å². The van der Waals surface area contributed by atoms with Gasteiger partial charge in [0, 0.05) is 11.3 Å². The molecule has 8 rings (SSSR count). The zero-order valence-electron chi connectivity index (χ0n) is 21.0. The van der Waals surface area contributed by atoms with Gasteiger partial charge in [-0.1, -0.05) is 109 Å². The van der Waals surface area contributed by atoms with E-state index in [2.05, 4.69) is 139 Å². The van der Waals surface area contributed by atoms with Crippen LogP contribution < -0.4 is 0 Å². The van der Waals surface area contributed by atoms with Crippen LogP contribution in [0.5, 0.6) is 0 Å². The first-order valence-electron chi connectivity index (χ1n) is 13.1. The Morgan fingerprint density at radius 3 is 1.97 bits per heavy atom. The summed E-state index contributed by atoms with van der Waals surface area (Å²) in [6.45, 7) is 2.12. The van der Waals surface area contributed by atoms with Gasteiger partial charge in [0.1, 0.15) is 5.82 Å². The van der Waals surface area contributed by atoms with Crippen molar-refractivity contribution in [2.24, 2.45) is 0 Å². The Labute approximate surface area is 220 Å². The number of aryl methyl sites for hydroxylation is 1. The molecule has 1 aromatic heterocycles. The van der Waals surface area contributed by atoms with E-state index in [0.717, 1.165) is 28.1 Å². The molecule has 2 heteroatoms. The van der Waals surface area contributed by atoms with Crippen molar-refractivity contribution in [3.8, 4) is 28.2 Å². The van der Waals surface area contributed by atoms with E-state index in [1.54, 1.807) is 0 Å². The van der Waals surface area contributed by atoms with Crippen LogP contribution in [0.3, 0.4) is 0 Å². The average Bonchev–Trinajstić information content (AvgIpc) is 3.36. The zero-order chi connectivity index (χ0) is 25.2.